The summed E-state index contributed by atoms with van der Waals surface area (Å²) in [6.07, 6.45) is -0.724. The van der Waals surface area contributed by atoms with E-state index in [2.05, 4.69) is 4.99 Å². The molecule has 138 valence electrons. The fourth-order valence-electron chi connectivity index (χ4n) is 2.84. The SMILES string of the molecule is Cc1cc(=O)oc2cc(OC(=O)/N=C(/c3ccccc3)C(C)(C)C)ccc12. The van der Waals surface area contributed by atoms with Gasteiger partial charge >= 0.3 is 11.7 Å². The van der Waals surface area contributed by atoms with E-state index in [1.54, 1.807) is 12.1 Å². The normalized spacial score (nSPS) is 12.2. The third-order valence-electron chi connectivity index (χ3n) is 4.09. The second-order valence-corrected chi connectivity index (χ2v) is 7.35. The maximum Gasteiger partial charge on any atom is 0.439 e. The summed E-state index contributed by atoms with van der Waals surface area (Å²) >= 11 is 0. The van der Waals surface area contributed by atoms with Gasteiger partial charge in [-0.15, -0.1) is 0 Å². The van der Waals surface area contributed by atoms with E-state index in [1.165, 1.54) is 12.1 Å². The molecule has 0 saturated carbocycles. The van der Waals surface area contributed by atoms with Gasteiger partial charge in [-0.05, 0) is 30.2 Å². The van der Waals surface area contributed by atoms with Crippen molar-refractivity contribution in [3.8, 4) is 5.75 Å². The number of fused-ring (bicyclic) bond motifs is 1. The van der Waals surface area contributed by atoms with Crippen molar-refractivity contribution in [1.82, 2.24) is 0 Å². The summed E-state index contributed by atoms with van der Waals surface area (Å²) in [4.78, 5) is 28.2. The first-order chi connectivity index (χ1) is 12.7. The average Bonchev–Trinajstić information content (AvgIpc) is 2.59. The molecule has 0 aliphatic rings. The molecule has 3 aromatic rings. The van der Waals surface area contributed by atoms with Gasteiger partial charge in [0.1, 0.15) is 11.3 Å². The first-order valence-electron chi connectivity index (χ1n) is 8.65. The Morgan fingerprint density at radius 1 is 1.04 bits per heavy atom. The first kappa shape index (κ1) is 18.6. The zero-order valence-corrected chi connectivity index (χ0v) is 15.8. The number of benzene rings is 2. The second kappa shape index (κ2) is 7.19. The van der Waals surface area contributed by atoms with Crippen LogP contribution in [0.3, 0.4) is 0 Å². The molecule has 0 fully saturated rings. The molecule has 0 aliphatic heterocycles. The van der Waals surface area contributed by atoms with Gasteiger partial charge in [-0.1, -0.05) is 51.1 Å². The molecule has 27 heavy (non-hydrogen) atoms. The molecule has 0 N–H and O–H groups in total. The van der Waals surface area contributed by atoms with Gasteiger partial charge in [0.25, 0.3) is 0 Å². The van der Waals surface area contributed by atoms with Gasteiger partial charge in [0.2, 0.25) is 0 Å². The minimum absolute atomic E-state index is 0.270. The summed E-state index contributed by atoms with van der Waals surface area (Å²) in [7, 11) is 0. The van der Waals surface area contributed by atoms with E-state index in [0.717, 1.165) is 16.5 Å². The van der Waals surface area contributed by atoms with E-state index in [9.17, 15) is 9.59 Å². The van der Waals surface area contributed by atoms with Crippen molar-refractivity contribution in [3.05, 3.63) is 76.1 Å². The summed E-state index contributed by atoms with van der Waals surface area (Å²) in [5.74, 6) is 0.270. The van der Waals surface area contributed by atoms with Crippen molar-refractivity contribution in [2.75, 3.05) is 0 Å². The van der Waals surface area contributed by atoms with Crippen LogP contribution < -0.4 is 10.4 Å². The highest BCUT2D eigenvalue weighted by molar-refractivity contribution is 6.08. The second-order valence-electron chi connectivity index (χ2n) is 7.35. The summed E-state index contributed by atoms with van der Waals surface area (Å²) in [5.41, 5.74) is 1.89. The Morgan fingerprint density at radius 2 is 1.74 bits per heavy atom. The summed E-state index contributed by atoms with van der Waals surface area (Å²) in [6, 6.07) is 15.9. The molecular formula is C22H21NO4. The molecular weight excluding hydrogens is 342 g/mol. The predicted molar refractivity (Wildman–Crippen MR) is 106 cm³/mol. The van der Waals surface area contributed by atoms with E-state index in [4.69, 9.17) is 9.15 Å². The molecule has 0 bridgehead atoms. The lowest BCUT2D eigenvalue weighted by Crippen LogP contribution is -2.23. The van der Waals surface area contributed by atoms with Gasteiger partial charge in [-0.25, -0.2) is 9.59 Å². The standard InChI is InChI=1S/C22H21NO4/c1-14-12-19(24)27-18-13-16(10-11-17(14)18)26-21(25)23-20(22(2,3)4)15-8-6-5-7-9-15/h5-13H,1-4H3/b23-20-. The molecule has 0 unspecified atom stereocenters. The van der Waals surface area contributed by atoms with Crippen LogP contribution >= 0.6 is 0 Å². The fraction of sp³-hybridized carbons (Fsp3) is 0.227. The molecule has 1 amide bonds. The minimum Gasteiger partial charge on any atom is -0.423 e. The van der Waals surface area contributed by atoms with E-state index in [1.807, 2.05) is 58.0 Å². The summed E-state index contributed by atoms with van der Waals surface area (Å²) < 4.78 is 10.5. The smallest absolute Gasteiger partial charge is 0.423 e. The monoisotopic (exact) mass is 363 g/mol. The van der Waals surface area contributed by atoms with Crippen molar-refractivity contribution < 1.29 is 13.9 Å². The van der Waals surface area contributed by atoms with Gasteiger partial charge in [0, 0.05) is 22.9 Å². The molecule has 5 nitrogen and oxygen atoms in total. The zero-order valence-electron chi connectivity index (χ0n) is 15.8. The topological polar surface area (TPSA) is 68.9 Å². The number of rotatable bonds is 2. The summed E-state index contributed by atoms with van der Waals surface area (Å²) in [6.45, 7) is 7.78. The van der Waals surface area contributed by atoms with Crippen LogP contribution in [-0.4, -0.2) is 11.8 Å². The van der Waals surface area contributed by atoms with Gasteiger partial charge in [0.05, 0.1) is 5.71 Å². The molecule has 1 heterocycles. The third kappa shape index (κ3) is 4.31. The lowest BCUT2D eigenvalue weighted by atomic mass is 9.85. The highest BCUT2D eigenvalue weighted by Gasteiger charge is 2.22. The van der Waals surface area contributed by atoms with Crippen LogP contribution in [0.2, 0.25) is 0 Å². The van der Waals surface area contributed by atoms with Crippen molar-refractivity contribution in [2.24, 2.45) is 10.4 Å². The van der Waals surface area contributed by atoms with Crippen molar-refractivity contribution in [3.63, 3.8) is 0 Å². The van der Waals surface area contributed by atoms with E-state index in [-0.39, 0.29) is 11.2 Å². The van der Waals surface area contributed by atoms with Gasteiger partial charge < -0.3 is 9.15 Å². The molecule has 5 heteroatoms. The van der Waals surface area contributed by atoms with Crippen LogP contribution in [0.15, 0.2) is 68.8 Å². The fourth-order valence-corrected chi connectivity index (χ4v) is 2.84. The number of carbonyl (C=O) groups is 1. The number of carbonyl (C=O) groups excluding carboxylic acids is 1. The van der Waals surface area contributed by atoms with Gasteiger partial charge in [-0.3, -0.25) is 0 Å². The van der Waals surface area contributed by atoms with Crippen molar-refractivity contribution >= 4 is 22.8 Å². The third-order valence-corrected chi connectivity index (χ3v) is 4.09. The highest BCUT2D eigenvalue weighted by Crippen LogP contribution is 2.24. The van der Waals surface area contributed by atoms with Crippen LogP contribution in [0, 0.1) is 12.3 Å². The van der Waals surface area contributed by atoms with Crippen LogP contribution in [0.5, 0.6) is 5.75 Å². The molecule has 0 spiro atoms. The average molecular weight is 363 g/mol. The maximum atomic E-state index is 12.4. The predicted octanol–water partition coefficient (Wildman–Crippen LogP) is 5.14. The molecule has 0 atom stereocenters. The number of aryl methyl sites for hydroxylation is 1. The van der Waals surface area contributed by atoms with Crippen LogP contribution in [0.25, 0.3) is 11.0 Å². The largest absolute Gasteiger partial charge is 0.439 e. The Labute approximate surface area is 157 Å². The van der Waals surface area contributed by atoms with Crippen molar-refractivity contribution in [2.45, 2.75) is 27.7 Å². The molecule has 0 radical (unpaired) electrons. The lowest BCUT2D eigenvalue weighted by molar-refractivity contribution is 0.211. The molecule has 0 aliphatic carbocycles. The Morgan fingerprint density at radius 3 is 2.41 bits per heavy atom. The quantitative estimate of drug-likeness (QED) is 0.467. The molecule has 3 rings (SSSR count). The van der Waals surface area contributed by atoms with Crippen molar-refractivity contribution in [1.29, 1.82) is 0 Å². The van der Waals surface area contributed by atoms with E-state index >= 15 is 0 Å². The first-order valence-corrected chi connectivity index (χ1v) is 8.65. The molecule has 1 aromatic heterocycles. The Hall–Kier alpha value is -3.21. The Balaban J connectivity index is 1.93. The molecule has 0 saturated heterocycles. The Kier molecular flexibility index (Phi) is 4.95. The van der Waals surface area contributed by atoms with Crippen LogP contribution in [0.4, 0.5) is 4.79 Å². The van der Waals surface area contributed by atoms with Crippen LogP contribution in [0.1, 0.15) is 31.9 Å². The molecule has 2 aromatic carbocycles. The maximum absolute atomic E-state index is 12.4. The zero-order chi connectivity index (χ0) is 19.6. The number of nitrogens with zero attached hydrogens (tertiary/aromatic N) is 1. The number of ether oxygens (including phenoxy) is 1. The Bertz CT molecular complexity index is 1070. The number of amides is 1. The number of hydrogen-bond acceptors (Lipinski definition) is 4. The van der Waals surface area contributed by atoms with E-state index < -0.39 is 11.7 Å². The number of aliphatic imine (C=N–C) groups is 1. The number of hydrogen-bond donors (Lipinski definition) is 0. The van der Waals surface area contributed by atoms with Crippen LogP contribution in [-0.2, 0) is 0 Å². The lowest BCUT2D eigenvalue weighted by Gasteiger charge is -2.21. The van der Waals surface area contributed by atoms with E-state index in [0.29, 0.717) is 11.3 Å². The highest BCUT2D eigenvalue weighted by atomic mass is 16.5. The van der Waals surface area contributed by atoms with Gasteiger partial charge in [-0.2, -0.15) is 4.99 Å². The minimum atomic E-state index is -0.724. The summed E-state index contributed by atoms with van der Waals surface area (Å²) in [5, 5.41) is 0.789. The van der Waals surface area contributed by atoms with Gasteiger partial charge in [0.15, 0.2) is 0 Å².